The molecular formula is C16H22O5. The Kier molecular flexibility index (Phi) is 3.00. The number of rotatable bonds is 1. The minimum atomic E-state index is -1.37. The lowest BCUT2D eigenvalue weighted by Gasteiger charge is -2.61. The zero-order chi connectivity index (χ0) is 15.6. The van der Waals surface area contributed by atoms with E-state index < -0.39 is 23.1 Å². The third-order valence-electron chi connectivity index (χ3n) is 6.00. The zero-order valence-electron chi connectivity index (χ0n) is 12.9. The van der Waals surface area contributed by atoms with Gasteiger partial charge in [0.15, 0.2) is 5.76 Å². The molecule has 1 aliphatic heterocycles. The molecule has 0 aromatic carbocycles. The molecule has 1 saturated heterocycles. The minimum absolute atomic E-state index is 0.0719. The highest BCUT2D eigenvalue weighted by Gasteiger charge is 2.69. The van der Waals surface area contributed by atoms with Crippen molar-refractivity contribution in [3.8, 4) is 0 Å². The minimum Gasteiger partial charge on any atom is -0.493 e. The summed E-state index contributed by atoms with van der Waals surface area (Å²) >= 11 is 0. The SMILES string of the molecule is COC1=C(C)[C@@]2(O)CC(=O)O[C@H]3CC[C@@H](C)[C@H](C1=O)[C@]32C. The number of Topliss-reactive ketones (excluding diaryl/α,β-unsaturated/α-hetero) is 1. The van der Waals surface area contributed by atoms with E-state index in [2.05, 4.69) is 0 Å². The molecule has 116 valence electrons. The first-order chi connectivity index (χ1) is 9.77. The maximum atomic E-state index is 12.8. The number of aliphatic hydroxyl groups is 1. The van der Waals surface area contributed by atoms with Crippen molar-refractivity contribution in [2.24, 2.45) is 17.3 Å². The Hall–Kier alpha value is -1.36. The second-order valence-corrected chi connectivity index (χ2v) is 6.85. The molecule has 0 unspecified atom stereocenters. The van der Waals surface area contributed by atoms with Gasteiger partial charge in [-0.25, -0.2) is 0 Å². The van der Waals surface area contributed by atoms with E-state index in [1.165, 1.54) is 7.11 Å². The number of methoxy groups -OCH3 is 1. The Morgan fingerprint density at radius 2 is 2.00 bits per heavy atom. The highest BCUT2D eigenvalue weighted by molar-refractivity contribution is 5.99. The van der Waals surface area contributed by atoms with Gasteiger partial charge in [-0.1, -0.05) is 13.8 Å². The second kappa shape index (κ2) is 4.32. The molecule has 5 heteroatoms. The average molecular weight is 294 g/mol. The maximum Gasteiger partial charge on any atom is 0.309 e. The molecule has 3 rings (SSSR count). The molecule has 0 aromatic heterocycles. The van der Waals surface area contributed by atoms with Gasteiger partial charge in [-0.2, -0.15) is 0 Å². The average Bonchev–Trinajstić information content (AvgIpc) is 2.40. The lowest BCUT2D eigenvalue weighted by atomic mass is 9.47. The molecule has 21 heavy (non-hydrogen) atoms. The zero-order valence-corrected chi connectivity index (χ0v) is 12.9. The number of allylic oxidation sites excluding steroid dienone is 1. The van der Waals surface area contributed by atoms with Crippen molar-refractivity contribution >= 4 is 11.8 Å². The van der Waals surface area contributed by atoms with Gasteiger partial charge in [0.05, 0.1) is 13.5 Å². The fourth-order valence-electron chi connectivity index (χ4n) is 4.81. The van der Waals surface area contributed by atoms with Crippen LogP contribution in [0.15, 0.2) is 11.3 Å². The van der Waals surface area contributed by atoms with Gasteiger partial charge < -0.3 is 14.6 Å². The van der Waals surface area contributed by atoms with Gasteiger partial charge in [0.1, 0.15) is 11.7 Å². The Bertz CT molecular complexity index is 551. The first-order valence-corrected chi connectivity index (χ1v) is 7.48. The summed E-state index contributed by atoms with van der Waals surface area (Å²) in [6, 6.07) is 0. The van der Waals surface area contributed by atoms with Crippen LogP contribution in [0.3, 0.4) is 0 Å². The summed E-state index contributed by atoms with van der Waals surface area (Å²) in [5.74, 6) is -0.523. The van der Waals surface area contributed by atoms with Crippen LogP contribution >= 0.6 is 0 Å². The predicted octanol–water partition coefficient (Wildman–Crippen LogP) is 1.59. The fraction of sp³-hybridized carbons (Fsp3) is 0.750. The molecule has 2 aliphatic carbocycles. The summed E-state index contributed by atoms with van der Waals surface area (Å²) in [5, 5.41) is 11.3. The van der Waals surface area contributed by atoms with Gasteiger partial charge in [-0.15, -0.1) is 0 Å². The lowest BCUT2D eigenvalue weighted by Crippen LogP contribution is -2.69. The van der Waals surface area contributed by atoms with E-state index in [0.717, 1.165) is 6.42 Å². The van der Waals surface area contributed by atoms with E-state index >= 15 is 0 Å². The van der Waals surface area contributed by atoms with Crippen molar-refractivity contribution in [2.75, 3.05) is 7.11 Å². The number of ether oxygens (including phenoxy) is 2. The summed E-state index contributed by atoms with van der Waals surface area (Å²) in [4.78, 5) is 24.8. The molecule has 0 amide bonds. The van der Waals surface area contributed by atoms with E-state index in [4.69, 9.17) is 9.47 Å². The molecule has 5 atom stereocenters. The van der Waals surface area contributed by atoms with Crippen LogP contribution in [-0.2, 0) is 19.1 Å². The fourth-order valence-corrected chi connectivity index (χ4v) is 4.81. The summed E-state index contributed by atoms with van der Waals surface area (Å²) in [6.07, 6.45) is 0.957. The molecule has 1 saturated carbocycles. The summed E-state index contributed by atoms with van der Waals surface area (Å²) in [7, 11) is 1.44. The molecule has 0 radical (unpaired) electrons. The van der Waals surface area contributed by atoms with Crippen LogP contribution in [0.2, 0.25) is 0 Å². The quantitative estimate of drug-likeness (QED) is 0.743. The number of ketones is 1. The van der Waals surface area contributed by atoms with Crippen LogP contribution in [0.25, 0.3) is 0 Å². The predicted molar refractivity (Wildman–Crippen MR) is 74.2 cm³/mol. The van der Waals surface area contributed by atoms with Crippen molar-refractivity contribution in [3.63, 3.8) is 0 Å². The van der Waals surface area contributed by atoms with Crippen LogP contribution in [0.4, 0.5) is 0 Å². The number of hydrogen-bond acceptors (Lipinski definition) is 5. The number of carbonyl (C=O) groups is 2. The van der Waals surface area contributed by atoms with Crippen LogP contribution in [0.5, 0.6) is 0 Å². The van der Waals surface area contributed by atoms with Gasteiger partial charge in [0.25, 0.3) is 0 Å². The molecule has 0 aromatic rings. The van der Waals surface area contributed by atoms with E-state index in [1.54, 1.807) is 6.92 Å². The van der Waals surface area contributed by atoms with Crippen LogP contribution in [0.1, 0.15) is 40.0 Å². The van der Waals surface area contributed by atoms with Gasteiger partial charge in [0.2, 0.25) is 5.78 Å². The summed E-state index contributed by atoms with van der Waals surface area (Å²) in [5.41, 5.74) is -1.68. The van der Waals surface area contributed by atoms with Crippen molar-refractivity contribution in [1.29, 1.82) is 0 Å². The van der Waals surface area contributed by atoms with Gasteiger partial charge in [-0.3, -0.25) is 9.59 Å². The molecule has 0 spiro atoms. The third kappa shape index (κ3) is 1.55. The molecule has 5 nitrogen and oxygen atoms in total. The molecule has 3 aliphatic rings. The third-order valence-corrected chi connectivity index (χ3v) is 6.00. The molecule has 2 fully saturated rings. The Balaban J connectivity index is 2.27. The van der Waals surface area contributed by atoms with Crippen LogP contribution in [0, 0.1) is 17.3 Å². The monoisotopic (exact) mass is 294 g/mol. The maximum absolute atomic E-state index is 12.8. The van der Waals surface area contributed by atoms with E-state index in [-0.39, 0.29) is 29.8 Å². The number of carbonyl (C=O) groups excluding carboxylic acids is 2. The van der Waals surface area contributed by atoms with Crippen LogP contribution in [-0.4, -0.2) is 35.7 Å². The van der Waals surface area contributed by atoms with Crippen molar-refractivity contribution < 1.29 is 24.2 Å². The normalized spacial score (nSPS) is 46.0. The van der Waals surface area contributed by atoms with Gasteiger partial charge in [-0.05, 0) is 25.7 Å². The van der Waals surface area contributed by atoms with E-state index in [9.17, 15) is 14.7 Å². The highest BCUT2D eigenvalue weighted by Crippen LogP contribution is 2.61. The van der Waals surface area contributed by atoms with Gasteiger partial charge in [0, 0.05) is 16.9 Å². The Labute approximate surface area is 124 Å². The van der Waals surface area contributed by atoms with Crippen LogP contribution < -0.4 is 0 Å². The topological polar surface area (TPSA) is 72.8 Å². The first-order valence-electron chi connectivity index (χ1n) is 7.48. The summed E-state index contributed by atoms with van der Waals surface area (Å²) in [6.45, 7) is 5.60. The standard InChI is InChI=1S/C16H22O5/c1-8-5-6-10-15(3)12(8)13(18)14(20-4)9(2)16(15,19)7-11(17)21-10/h8,10,12,19H,5-7H2,1-4H3/t8-,10+,12-,15+,16+/m1/s1. The van der Waals surface area contributed by atoms with Crippen molar-refractivity contribution in [2.45, 2.75) is 51.7 Å². The first kappa shape index (κ1) is 14.6. The smallest absolute Gasteiger partial charge is 0.309 e. The number of hydrogen-bond donors (Lipinski definition) is 1. The van der Waals surface area contributed by atoms with Crippen molar-refractivity contribution in [1.82, 2.24) is 0 Å². The molecule has 1 N–H and O–H groups in total. The largest absolute Gasteiger partial charge is 0.493 e. The van der Waals surface area contributed by atoms with E-state index in [1.807, 2.05) is 13.8 Å². The van der Waals surface area contributed by atoms with Crippen molar-refractivity contribution in [3.05, 3.63) is 11.3 Å². The van der Waals surface area contributed by atoms with Gasteiger partial charge >= 0.3 is 5.97 Å². The molecule has 0 bridgehead atoms. The molecule has 1 heterocycles. The Morgan fingerprint density at radius 1 is 1.33 bits per heavy atom. The number of esters is 1. The molecular weight excluding hydrogens is 272 g/mol. The second-order valence-electron chi connectivity index (χ2n) is 6.85. The highest BCUT2D eigenvalue weighted by atomic mass is 16.6. The van der Waals surface area contributed by atoms with E-state index in [0.29, 0.717) is 12.0 Å². The lowest BCUT2D eigenvalue weighted by molar-refractivity contribution is -0.232. The summed E-state index contributed by atoms with van der Waals surface area (Å²) < 4.78 is 10.8. The Morgan fingerprint density at radius 3 is 2.62 bits per heavy atom.